The van der Waals surface area contributed by atoms with Gasteiger partial charge < -0.3 is 20.1 Å². The normalized spacial score (nSPS) is 29.5. The first-order chi connectivity index (χ1) is 21.2. The van der Waals surface area contributed by atoms with E-state index in [0.29, 0.717) is 23.3 Å². The molecule has 15 heteroatoms. The lowest BCUT2D eigenvalue weighted by Crippen LogP contribution is -2.53. The van der Waals surface area contributed by atoms with Gasteiger partial charge in [0.05, 0.1) is 33.7 Å². The molecule has 0 radical (unpaired) electrons. The second kappa shape index (κ2) is 10.1. The molecule has 3 aromatic heterocycles. The predicted molar refractivity (Wildman–Crippen MR) is 149 cm³/mol. The van der Waals surface area contributed by atoms with Crippen LogP contribution in [-0.4, -0.2) is 75.0 Å². The maximum Gasteiger partial charge on any atom is 0.194 e. The number of halogens is 3. The Labute approximate surface area is 251 Å². The van der Waals surface area contributed by atoms with Gasteiger partial charge in [0.15, 0.2) is 29.1 Å². The number of rotatable bonds is 6. The summed E-state index contributed by atoms with van der Waals surface area (Å²) < 4.78 is 51.2. The van der Waals surface area contributed by atoms with Crippen molar-refractivity contribution in [2.24, 2.45) is 11.8 Å². The fourth-order valence-corrected chi connectivity index (χ4v) is 7.42. The van der Waals surface area contributed by atoms with E-state index in [4.69, 9.17) is 14.8 Å². The summed E-state index contributed by atoms with van der Waals surface area (Å²) in [5.41, 5.74) is 1.42. The number of aliphatic hydroxyl groups excluding tert-OH is 3. The summed E-state index contributed by atoms with van der Waals surface area (Å²) in [5.74, 6) is -2.05. The van der Waals surface area contributed by atoms with E-state index in [1.165, 1.54) is 17.5 Å². The quantitative estimate of drug-likeness (QED) is 0.242. The Morgan fingerprint density at radius 1 is 1.05 bits per heavy atom. The van der Waals surface area contributed by atoms with Crippen molar-refractivity contribution in [3.8, 4) is 16.9 Å². The van der Waals surface area contributed by atoms with Gasteiger partial charge in [-0.1, -0.05) is 5.21 Å². The van der Waals surface area contributed by atoms with Crippen LogP contribution in [0.25, 0.3) is 27.2 Å². The first-order valence-electron chi connectivity index (χ1n) is 14.2. The van der Waals surface area contributed by atoms with Crippen molar-refractivity contribution in [3.05, 3.63) is 70.6 Å². The zero-order chi connectivity index (χ0) is 30.4. The highest BCUT2D eigenvalue weighted by Crippen LogP contribution is 2.63. The average molecular weight is 626 g/mol. The van der Waals surface area contributed by atoms with Crippen LogP contribution in [0.3, 0.4) is 0 Å². The Hall–Kier alpha value is -3.76. The maximum absolute atomic E-state index is 13.9. The van der Waals surface area contributed by atoms with E-state index in [2.05, 4.69) is 15.3 Å². The molecule has 0 spiro atoms. The summed E-state index contributed by atoms with van der Waals surface area (Å²) in [5, 5.41) is 46.8. The van der Waals surface area contributed by atoms with Gasteiger partial charge in [0, 0.05) is 11.5 Å². The van der Waals surface area contributed by atoms with Crippen molar-refractivity contribution in [3.63, 3.8) is 0 Å². The van der Waals surface area contributed by atoms with Crippen LogP contribution in [0.2, 0.25) is 0 Å². The molecule has 3 aliphatic rings. The summed E-state index contributed by atoms with van der Waals surface area (Å²) >= 11 is 1.54. The van der Waals surface area contributed by atoms with Crippen LogP contribution in [0.1, 0.15) is 47.6 Å². The molecule has 1 aliphatic heterocycles. The Morgan fingerprint density at radius 3 is 2.55 bits per heavy atom. The molecule has 3 unspecified atom stereocenters. The first kappa shape index (κ1) is 27.8. The van der Waals surface area contributed by atoms with Gasteiger partial charge in [-0.25, -0.2) is 32.5 Å². The molecule has 0 amide bonds. The van der Waals surface area contributed by atoms with Crippen LogP contribution in [0.4, 0.5) is 13.2 Å². The molecule has 3 fully saturated rings. The van der Waals surface area contributed by atoms with Gasteiger partial charge >= 0.3 is 0 Å². The number of nitrogens with zero attached hydrogens (tertiary/aromatic N) is 7. The molecule has 1 saturated heterocycles. The first-order valence-corrected chi connectivity index (χ1v) is 15.1. The highest BCUT2D eigenvalue weighted by Gasteiger charge is 2.56. The third-order valence-electron chi connectivity index (χ3n) is 9.00. The Morgan fingerprint density at radius 2 is 1.84 bits per heavy atom. The van der Waals surface area contributed by atoms with Gasteiger partial charge in [0.2, 0.25) is 0 Å². The van der Waals surface area contributed by atoms with Gasteiger partial charge in [-0.2, -0.15) is 5.10 Å². The number of aryl methyl sites for hydroxylation is 1. The Balaban J connectivity index is 1.19. The molecule has 2 saturated carbocycles. The van der Waals surface area contributed by atoms with Gasteiger partial charge in [-0.05, 0) is 61.9 Å². The second-order valence-electron chi connectivity index (χ2n) is 11.7. The number of thiazole rings is 1. The SMILES string of the molecule is Cc1nc2ccc(-n3nc(C4CC5CC54)nc3[C@@H]3O[C@H](CO)[C@H](O)[C@H](n4cc(-c5cc(F)c(F)c(F)c5)nn4)[C@H]3O)cc2s1. The highest BCUT2D eigenvalue weighted by atomic mass is 32.1. The maximum atomic E-state index is 13.9. The molecule has 5 aromatic rings. The van der Waals surface area contributed by atoms with Crippen molar-refractivity contribution in [2.75, 3.05) is 6.61 Å². The summed E-state index contributed by atoms with van der Waals surface area (Å²) in [6.45, 7) is 1.34. The zero-order valence-corrected chi connectivity index (χ0v) is 23.9. The predicted octanol–water partition coefficient (Wildman–Crippen LogP) is 3.38. The summed E-state index contributed by atoms with van der Waals surface area (Å²) in [7, 11) is 0. The molecule has 2 aromatic carbocycles. The van der Waals surface area contributed by atoms with E-state index < -0.39 is 54.5 Å². The molecule has 8 rings (SSSR count). The van der Waals surface area contributed by atoms with E-state index in [0.717, 1.165) is 44.9 Å². The molecule has 8 atom stereocenters. The van der Waals surface area contributed by atoms with E-state index in [1.807, 2.05) is 25.1 Å². The number of aromatic nitrogens is 7. The summed E-state index contributed by atoms with van der Waals surface area (Å²) in [6, 6.07) is 6.04. The number of hydrogen-bond acceptors (Lipinski definition) is 10. The molecule has 2 aliphatic carbocycles. The van der Waals surface area contributed by atoms with Gasteiger partial charge in [0.1, 0.15) is 36.2 Å². The van der Waals surface area contributed by atoms with Crippen LogP contribution >= 0.6 is 11.3 Å². The van der Waals surface area contributed by atoms with E-state index in [9.17, 15) is 28.5 Å². The lowest BCUT2D eigenvalue weighted by Gasteiger charge is -2.41. The number of benzene rings is 2. The molecular weight excluding hydrogens is 599 g/mol. The fraction of sp³-hybridized carbons (Fsp3) is 0.414. The lowest BCUT2D eigenvalue weighted by molar-refractivity contribution is -0.210. The summed E-state index contributed by atoms with van der Waals surface area (Å²) in [6.07, 6.45) is -1.83. The second-order valence-corrected chi connectivity index (χ2v) is 12.9. The number of ether oxygens (including phenoxy) is 1. The van der Waals surface area contributed by atoms with Crippen LogP contribution in [0.15, 0.2) is 36.5 Å². The van der Waals surface area contributed by atoms with Crippen molar-refractivity contribution in [1.29, 1.82) is 0 Å². The Kier molecular flexibility index (Phi) is 6.40. The highest BCUT2D eigenvalue weighted by molar-refractivity contribution is 7.18. The van der Waals surface area contributed by atoms with Crippen LogP contribution in [0, 0.1) is 36.2 Å². The Bertz CT molecular complexity index is 1890. The minimum Gasteiger partial charge on any atom is -0.394 e. The molecule has 228 valence electrons. The third kappa shape index (κ3) is 4.36. The van der Waals surface area contributed by atoms with Crippen molar-refractivity contribution in [2.45, 2.75) is 56.1 Å². The van der Waals surface area contributed by atoms with E-state index >= 15 is 0 Å². The van der Waals surface area contributed by atoms with Gasteiger partial charge in [-0.15, -0.1) is 16.4 Å². The topological polar surface area (TPSA) is 144 Å². The largest absolute Gasteiger partial charge is 0.394 e. The zero-order valence-electron chi connectivity index (χ0n) is 23.1. The number of aliphatic hydroxyl groups is 3. The van der Waals surface area contributed by atoms with Gasteiger partial charge in [-0.3, -0.25) is 0 Å². The minimum absolute atomic E-state index is 0.0200. The molecule has 3 N–H and O–H groups in total. The fourth-order valence-electron chi connectivity index (χ4n) is 6.56. The molecule has 0 bridgehead atoms. The van der Waals surface area contributed by atoms with E-state index in [1.54, 1.807) is 4.68 Å². The molecular formula is C29H26F3N7O4S. The van der Waals surface area contributed by atoms with Crippen molar-refractivity contribution < 1.29 is 33.2 Å². The average Bonchev–Trinajstić information content (AvgIpc) is 3.41. The van der Waals surface area contributed by atoms with Crippen molar-refractivity contribution in [1.82, 2.24) is 34.7 Å². The summed E-state index contributed by atoms with van der Waals surface area (Å²) in [4.78, 5) is 9.41. The lowest BCUT2D eigenvalue weighted by atomic mass is 9.85. The smallest absolute Gasteiger partial charge is 0.194 e. The number of fused-ring (bicyclic) bond motifs is 2. The van der Waals surface area contributed by atoms with Crippen LogP contribution < -0.4 is 0 Å². The van der Waals surface area contributed by atoms with E-state index in [-0.39, 0.29) is 23.0 Å². The molecule has 44 heavy (non-hydrogen) atoms. The monoisotopic (exact) mass is 625 g/mol. The number of hydrogen-bond donors (Lipinski definition) is 3. The third-order valence-corrected chi connectivity index (χ3v) is 9.93. The standard InChI is InChI=1S/C29H26F3N7O4S/c1-11-33-19-3-2-14(8-22(19)44-11)39-29(34-28(36-39)16-5-12-4-15(12)16)27-26(42)24(25(41)21(10-40)43-27)38-9-20(35-37-38)13-6-17(30)23(32)18(31)7-13/h2-3,6-9,12,15-16,21,24-27,40-42H,4-5,10H2,1H3/t12?,15?,16?,21-,24+,25+,26-,27-/m1/s1. The van der Waals surface area contributed by atoms with Gasteiger partial charge in [0.25, 0.3) is 0 Å². The molecule has 11 nitrogen and oxygen atoms in total. The molecule has 4 heterocycles. The van der Waals surface area contributed by atoms with Crippen LogP contribution in [-0.2, 0) is 4.74 Å². The van der Waals surface area contributed by atoms with Crippen molar-refractivity contribution >= 4 is 21.6 Å². The minimum atomic E-state index is -1.61. The van der Waals surface area contributed by atoms with Crippen LogP contribution in [0.5, 0.6) is 0 Å².